The zero-order valence-corrected chi connectivity index (χ0v) is 13.2. The van der Waals surface area contributed by atoms with Crippen LogP contribution >= 0.6 is 63.7 Å². The topological polar surface area (TPSA) is 33.0 Å². The third kappa shape index (κ3) is 2.01. The van der Waals surface area contributed by atoms with Crippen molar-refractivity contribution in [3.8, 4) is 11.8 Å². The van der Waals surface area contributed by atoms with Crippen LogP contribution in [-0.2, 0) is 0 Å². The average molecular weight is 449 g/mol. The van der Waals surface area contributed by atoms with Gasteiger partial charge in [0.1, 0.15) is 11.6 Å². The SMILES string of the molecule is COc1c(Br)c(Br)c(Br)c(Br)c1C#N. The molecule has 0 heterocycles. The van der Waals surface area contributed by atoms with Crippen LogP contribution in [0.4, 0.5) is 0 Å². The molecule has 0 aliphatic carbocycles. The van der Waals surface area contributed by atoms with Crippen molar-refractivity contribution >= 4 is 63.7 Å². The van der Waals surface area contributed by atoms with E-state index in [0.717, 1.165) is 8.95 Å². The first-order valence-corrected chi connectivity index (χ1v) is 6.51. The van der Waals surface area contributed by atoms with E-state index < -0.39 is 0 Å². The molecule has 14 heavy (non-hydrogen) atoms. The second kappa shape index (κ2) is 4.97. The molecule has 6 heteroatoms. The van der Waals surface area contributed by atoms with Gasteiger partial charge in [-0.2, -0.15) is 5.26 Å². The molecule has 0 saturated heterocycles. The fourth-order valence-corrected chi connectivity index (χ4v) is 3.24. The summed E-state index contributed by atoms with van der Waals surface area (Å²) in [6.45, 7) is 0. The standard InChI is InChI=1S/C8H3Br4NO/c1-14-8-3(2-13)4(9)5(10)6(11)7(8)12/h1H3. The highest BCUT2D eigenvalue weighted by Gasteiger charge is 2.19. The number of hydrogen-bond donors (Lipinski definition) is 0. The molecule has 0 fully saturated rings. The summed E-state index contributed by atoms with van der Waals surface area (Å²) in [6.07, 6.45) is 0. The molecule has 0 amide bonds. The van der Waals surface area contributed by atoms with Gasteiger partial charge in [-0.25, -0.2) is 0 Å². The van der Waals surface area contributed by atoms with Crippen molar-refractivity contribution in [3.05, 3.63) is 23.5 Å². The van der Waals surface area contributed by atoms with Crippen LogP contribution in [0.5, 0.6) is 5.75 Å². The maximum absolute atomic E-state index is 8.95. The van der Waals surface area contributed by atoms with Crippen LogP contribution in [0.25, 0.3) is 0 Å². The van der Waals surface area contributed by atoms with Crippen LogP contribution in [0.15, 0.2) is 17.9 Å². The summed E-state index contributed by atoms with van der Waals surface area (Å²) >= 11 is 13.4. The molecular formula is C8H3Br4NO. The number of hydrogen-bond acceptors (Lipinski definition) is 2. The van der Waals surface area contributed by atoms with Crippen LogP contribution in [0.3, 0.4) is 0 Å². The molecule has 0 N–H and O–H groups in total. The van der Waals surface area contributed by atoms with Crippen LogP contribution in [0.1, 0.15) is 5.56 Å². The summed E-state index contributed by atoms with van der Waals surface area (Å²) in [5.74, 6) is 0.509. The zero-order valence-electron chi connectivity index (χ0n) is 6.87. The average Bonchev–Trinajstić information content (AvgIpc) is 2.20. The Labute approximate surface area is 115 Å². The molecule has 1 rings (SSSR count). The highest BCUT2D eigenvalue weighted by atomic mass is 79.9. The fourth-order valence-electron chi connectivity index (χ4n) is 0.903. The number of ether oxygens (including phenoxy) is 1. The lowest BCUT2D eigenvalue weighted by atomic mass is 10.2. The monoisotopic (exact) mass is 445 g/mol. The van der Waals surface area contributed by atoms with Crippen molar-refractivity contribution in [2.24, 2.45) is 0 Å². The first-order valence-electron chi connectivity index (χ1n) is 3.34. The lowest BCUT2D eigenvalue weighted by molar-refractivity contribution is 0.410. The molecule has 74 valence electrons. The van der Waals surface area contributed by atoms with E-state index in [1.54, 1.807) is 0 Å². The third-order valence-electron chi connectivity index (χ3n) is 1.54. The van der Waals surface area contributed by atoms with E-state index in [4.69, 9.17) is 10.00 Å². The minimum atomic E-state index is 0.453. The van der Waals surface area contributed by atoms with Gasteiger partial charge in [0, 0.05) is 4.47 Å². The molecule has 0 radical (unpaired) electrons. The molecule has 0 unspecified atom stereocenters. The summed E-state index contributed by atoms with van der Waals surface area (Å²) in [5.41, 5.74) is 0.453. The zero-order chi connectivity index (χ0) is 10.9. The number of nitrogens with zero attached hydrogens (tertiary/aromatic N) is 1. The minimum Gasteiger partial charge on any atom is -0.494 e. The first kappa shape index (κ1) is 12.5. The van der Waals surface area contributed by atoms with Crippen molar-refractivity contribution in [1.82, 2.24) is 0 Å². The number of benzene rings is 1. The van der Waals surface area contributed by atoms with Gasteiger partial charge in [-0.05, 0) is 63.7 Å². The fraction of sp³-hybridized carbons (Fsp3) is 0.125. The second-order valence-electron chi connectivity index (χ2n) is 2.28. The maximum Gasteiger partial charge on any atom is 0.153 e. The Morgan fingerprint density at radius 3 is 1.93 bits per heavy atom. The Bertz CT molecular complexity index is 425. The molecule has 1 aromatic carbocycles. The predicted octanol–water partition coefficient (Wildman–Crippen LogP) is 4.62. The lowest BCUT2D eigenvalue weighted by Crippen LogP contribution is -1.93. The van der Waals surface area contributed by atoms with Gasteiger partial charge in [0.05, 0.1) is 20.5 Å². The van der Waals surface area contributed by atoms with Gasteiger partial charge < -0.3 is 4.74 Å². The molecule has 0 aliphatic heterocycles. The molecule has 2 nitrogen and oxygen atoms in total. The van der Waals surface area contributed by atoms with Crippen molar-refractivity contribution in [2.45, 2.75) is 0 Å². The van der Waals surface area contributed by atoms with Crippen molar-refractivity contribution in [3.63, 3.8) is 0 Å². The molecule has 1 aromatic rings. The van der Waals surface area contributed by atoms with E-state index in [9.17, 15) is 0 Å². The Hall–Kier alpha value is 0.430. The largest absolute Gasteiger partial charge is 0.494 e. The van der Waals surface area contributed by atoms with E-state index in [1.165, 1.54) is 7.11 Å². The van der Waals surface area contributed by atoms with Gasteiger partial charge in [-0.15, -0.1) is 0 Å². The maximum atomic E-state index is 8.95. The van der Waals surface area contributed by atoms with Crippen molar-refractivity contribution < 1.29 is 4.74 Å². The predicted molar refractivity (Wildman–Crippen MR) is 68.5 cm³/mol. The summed E-state index contributed by atoms with van der Waals surface area (Å²) in [6, 6.07) is 2.07. The normalized spacial score (nSPS) is 9.71. The Balaban J connectivity index is 3.68. The Morgan fingerprint density at radius 1 is 1.00 bits per heavy atom. The van der Waals surface area contributed by atoms with E-state index in [-0.39, 0.29) is 0 Å². The smallest absolute Gasteiger partial charge is 0.153 e. The van der Waals surface area contributed by atoms with Gasteiger partial charge in [-0.1, -0.05) is 0 Å². The quantitative estimate of drug-likeness (QED) is 0.464. The van der Waals surface area contributed by atoms with E-state index >= 15 is 0 Å². The molecule has 0 aliphatic rings. The summed E-state index contributed by atoms with van der Waals surface area (Å²) < 4.78 is 8.11. The highest BCUT2D eigenvalue weighted by molar-refractivity contribution is 9.15. The van der Waals surface area contributed by atoms with Crippen LogP contribution < -0.4 is 4.74 Å². The summed E-state index contributed by atoms with van der Waals surface area (Å²) in [7, 11) is 1.52. The highest BCUT2D eigenvalue weighted by Crippen LogP contribution is 2.45. The molecule has 0 bridgehead atoms. The molecule has 0 atom stereocenters. The van der Waals surface area contributed by atoms with Gasteiger partial charge in [0.25, 0.3) is 0 Å². The molecular weight excluding hydrogens is 446 g/mol. The van der Waals surface area contributed by atoms with Crippen molar-refractivity contribution in [2.75, 3.05) is 7.11 Å². The van der Waals surface area contributed by atoms with Gasteiger partial charge >= 0.3 is 0 Å². The van der Waals surface area contributed by atoms with E-state index in [1.807, 2.05) is 0 Å². The minimum absolute atomic E-state index is 0.453. The van der Waals surface area contributed by atoms with E-state index in [2.05, 4.69) is 69.8 Å². The summed E-state index contributed by atoms with van der Waals surface area (Å²) in [4.78, 5) is 0. The van der Waals surface area contributed by atoms with Crippen LogP contribution in [0.2, 0.25) is 0 Å². The lowest BCUT2D eigenvalue weighted by Gasteiger charge is -2.11. The van der Waals surface area contributed by atoms with Gasteiger partial charge in [0.15, 0.2) is 5.75 Å². The van der Waals surface area contributed by atoms with Gasteiger partial charge in [0.2, 0.25) is 0 Å². The molecule has 0 aromatic heterocycles. The Kier molecular flexibility index (Phi) is 4.44. The van der Waals surface area contributed by atoms with Gasteiger partial charge in [-0.3, -0.25) is 0 Å². The number of rotatable bonds is 1. The number of halogens is 4. The number of methoxy groups -OCH3 is 1. The van der Waals surface area contributed by atoms with Crippen molar-refractivity contribution in [1.29, 1.82) is 5.26 Å². The second-order valence-corrected chi connectivity index (χ2v) is 5.45. The summed E-state index contributed by atoms with van der Waals surface area (Å²) in [5, 5.41) is 8.95. The van der Waals surface area contributed by atoms with Crippen LogP contribution in [0, 0.1) is 11.3 Å². The first-order chi connectivity index (χ1) is 6.54. The Morgan fingerprint density at radius 2 is 1.50 bits per heavy atom. The molecule has 0 spiro atoms. The number of nitriles is 1. The van der Waals surface area contributed by atoms with E-state index in [0.29, 0.717) is 20.3 Å². The van der Waals surface area contributed by atoms with Crippen LogP contribution in [-0.4, -0.2) is 7.11 Å². The molecule has 0 saturated carbocycles. The third-order valence-corrected chi connectivity index (χ3v) is 6.27.